The number of rotatable bonds is 7. The summed E-state index contributed by atoms with van der Waals surface area (Å²) in [4.78, 5) is 12.2. The molecule has 1 aliphatic heterocycles. The van der Waals surface area contributed by atoms with E-state index in [4.69, 9.17) is 13.6 Å². The molecule has 0 radical (unpaired) electrons. The van der Waals surface area contributed by atoms with Crippen LogP contribution in [-0.2, 0) is 18.4 Å². The summed E-state index contributed by atoms with van der Waals surface area (Å²) in [5, 5.41) is -0.602. The van der Waals surface area contributed by atoms with Crippen molar-refractivity contribution in [1.29, 1.82) is 0 Å². The van der Waals surface area contributed by atoms with Crippen LogP contribution in [0.1, 0.15) is 32.6 Å². The lowest BCUT2D eigenvalue weighted by atomic mass is 9.88. The standard InChI is InChI=1S/C14H26O4Si/c1-6-10-14(16-3)12(13(15)7-2)9-8-11-19(14,17-4)18-5/h7,12H,2,6,8-11H2,1,3-5H3. The second kappa shape index (κ2) is 6.79. The van der Waals surface area contributed by atoms with E-state index in [-0.39, 0.29) is 11.7 Å². The third-order valence-electron chi connectivity index (χ3n) is 4.40. The first kappa shape index (κ1) is 16.6. The van der Waals surface area contributed by atoms with Gasteiger partial charge in [-0.15, -0.1) is 0 Å². The average molecular weight is 286 g/mol. The molecule has 1 aliphatic rings. The number of hydrogen-bond donors (Lipinski definition) is 0. The smallest absolute Gasteiger partial charge is 0.371 e. The van der Waals surface area contributed by atoms with Crippen molar-refractivity contribution in [2.24, 2.45) is 5.92 Å². The zero-order valence-corrected chi connectivity index (χ0v) is 13.5. The summed E-state index contributed by atoms with van der Waals surface area (Å²) >= 11 is 0. The van der Waals surface area contributed by atoms with Crippen molar-refractivity contribution < 1.29 is 18.4 Å². The summed E-state index contributed by atoms with van der Waals surface area (Å²) in [5.41, 5.74) is 0. The normalized spacial score (nSPS) is 30.0. The minimum atomic E-state index is -2.56. The summed E-state index contributed by atoms with van der Waals surface area (Å²) in [5.74, 6) is -0.156. The van der Waals surface area contributed by atoms with Crippen LogP contribution in [0.15, 0.2) is 12.7 Å². The van der Waals surface area contributed by atoms with E-state index in [0.29, 0.717) is 0 Å². The number of carbonyl (C=O) groups excluding carboxylic acids is 1. The van der Waals surface area contributed by atoms with Crippen molar-refractivity contribution in [1.82, 2.24) is 0 Å². The number of methoxy groups -OCH3 is 1. The Kier molecular flexibility index (Phi) is 5.92. The molecule has 0 amide bonds. The zero-order valence-electron chi connectivity index (χ0n) is 12.5. The van der Waals surface area contributed by atoms with E-state index in [2.05, 4.69) is 13.5 Å². The van der Waals surface area contributed by atoms with Crippen LogP contribution < -0.4 is 0 Å². The molecule has 2 atom stereocenters. The van der Waals surface area contributed by atoms with Crippen molar-refractivity contribution in [2.45, 2.75) is 43.9 Å². The second-order valence-electron chi connectivity index (χ2n) is 5.06. The number of carbonyl (C=O) groups is 1. The fourth-order valence-corrected chi connectivity index (χ4v) is 7.65. The van der Waals surface area contributed by atoms with Gasteiger partial charge in [-0.1, -0.05) is 26.3 Å². The molecule has 4 nitrogen and oxygen atoms in total. The molecule has 0 N–H and O–H groups in total. The summed E-state index contributed by atoms with van der Waals surface area (Å²) in [6, 6.07) is 0.870. The third-order valence-corrected chi connectivity index (χ3v) is 8.82. The van der Waals surface area contributed by atoms with Gasteiger partial charge in [0.25, 0.3) is 0 Å². The first-order chi connectivity index (χ1) is 9.07. The Labute approximate surface area is 117 Å². The fourth-order valence-electron chi connectivity index (χ4n) is 3.53. The number of ketones is 1. The van der Waals surface area contributed by atoms with E-state index in [9.17, 15) is 4.79 Å². The summed E-state index contributed by atoms with van der Waals surface area (Å²) < 4.78 is 17.5. The van der Waals surface area contributed by atoms with Gasteiger partial charge in [-0.3, -0.25) is 4.79 Å². The fraction of sp³-hybridized carbons (Fsp3) is 0.786. The molecule has 0 bridgehead atoms. The van der Waals surface area contributed by atoms with Gasteiger partial charge in [-0.05, 0) is 25.0 Å². The van der Waals surface area contributed by atoms with Gasteiger partial charge in [0.1, 0.15) is 5.22 Å². The van der Waals surface area contributed by atoms with Gasteiger partial charge in [-0.25, -0.2) is 0 Å². The molecule has 110 valence electrons. The van der Waals surface area contributed by atoms with Gasteiger partial charge >= 0.3 is 8.56 Å². The summed E-state index contributed by atoms with van der Waals surface area (Å²) in [6.45, 7) is 5.72. The monoisotopic (exact) mass is 286 g/mol. The number of hydrogen-bond acceptors (Lipinski definition) is 4. The Balaban J connectivity index is 3.31. The SMILES string of the molecule is C=CC(=O)C1CCC[Si](OC)(OC)C1(CCC)OC. The topological polar surface area (TPSA) is 44.8 Å². The Morgan fingerprint density at radius 1 is 1.42 bits per heavy atom. The predicted octanol–water partition coefficient (Wildman–Crippen LogP) is 2.61. The van der Waals surface area contributed by atoms with Crippen LogP contribution in [0.4, 0.5) is 0 Å². The minimum absolute atomic E-state index is 0.0426. The van der Waals surface area contributed by atoms with E-state index in [0.717, 1.165) is 31.7 Å². The molecule has 0 saturated carbocycles. The van der Waals surface area contributed by atoms with Gasteiger partial charge in [0.15, 0.2) is 5.78 Å². The molecule has 0 aromatic heterocycles. The highest BCUT2D eigenvalue weighted by Gasteiger charge is 2.64. The van der Waals surface area contributed by atoms with Crippen LogP contribution in [-0.4, -0.2) is 40.9 Å². The Morgan fingerprint density at radius 2 is 2.05 bits per heavy atom. The third kappa shape index (κ3) is 2.57. The number of allylic oxidation sites excluding steroid dienone is 1. The van der Waals surface area contributed by atoms with Gasteiger partial charge in [-0.2, -0.15) is 0 Å². The Hall–Kier alpha value is -0.493. The highest BCUT2D eigenvalue weighted by Crippen LogP contribution is 2.46. The van der Waals surface area contributed by atoms with Crippen molar-refractivity contribution in [3.8, 4) is 0 Å². The highest BCUT2D eigenvalue weighted by molar-refractivity contribution is 6.71. The van der Waals surface area contributed by atoms with Crippen LogP contribution in [0, 0.1) is 5.92 Å². The van der Waals surface area contributed by atoms with E-state index in [1.165, 1.54) is 6.08 Å². The molecule has 0 aliphatic carbocycles. The summed E-state index contributed by atoms with van der Waals surface area (Å²) in [7, 11) is 2.47. The molecule has 1 fully saturated rings. The Bertz CT molecular complexity index is 327. The minimum Gasteiger partial charge on any atom is -0.396 e. The van der Waals surface area contributed by atoms with Gasteiger partial charge < -0.3 is 13.6 Å². The molecule has 2 unspecified atom stereocenters. The molecule has 0 spiro atoms. The van der Waals surface area contributed by atoms with Crippen LogP contribution in [0.5, 0.6) is 0 Å². The lowest BCUT2D eigenvalue weighted by Gasteiger charge is -2.51. The van der Waals surface area contributed by atoms with Gasteiger partial charge in [0.05, 0.1) is 5.92 Å². The van der Waals surface area contributed by atoms with Crippen molar-refractivity contribution in [2.75, 3.05) is 21.3 Å². The molecule has 1 saturated heterocycles. The molecular formula is C14H26O4Si. The van der Waals surface area contributed by atoms with Crippen LogP contribution in [0.25, 0.3) is 0 Å². The lowest BCUT2D eigenvalue weighted by molar-refractivity contribution is -0.130. The largest absolute Gasteiger partial charge is 0.396 e. The molecule has 19 heavy (non-hydrogen) atoms. The highest BCUT2D eigenvalue weighted by atomic mass is 28.4. The average Bonchev–Trinajstić information content (AvgIpc) is 2.46. The van der Waals surface area contributed by atoms with E-state index in [1.807, 2.05) is 0 Å². The summed E-state index contributed by atoms with van der Waals surface area (Å²) in [6.07, 6.45) is 4.87. The van der Waals surface area contributed by atoms with Crippen LogP contribution in [0.2, 0.25) is 6.04 Å². The van der Waals surface area contributed by atoms with E-state index >= 15 is 0 Å². The van der Waals surface area contributed by atoms with E-state index < -0.39 is 13.8 Å². The second-order valence-corrected chi connectivity index (χ2v) is 8.72. The van der Waals surface area contributed by atoms with Crippen molar-refractivity contribution >= 4 is 14.3 Å². The molecule has 0 aromatic carbocycles. The maximum atomic E-state index is 12.2. The van der Waals surface area contributed by atoms with Crippen molar-refractivity contribution in [3.05, 3.63) is 12.7 Å². The van der Waals surface area contributed by atoms with Crippen LogP contribution >= 0.6 is 0 Å². The molecule has 0 aromatic rings. The van der Waals surface area contributed by atoms with Gasteiger partial charge in [0.2, 0.25) is 0 Å². The molecule has 1 rings (SSSR count). The first-order valence-corrected chi connectivity index (χ1v) is 8.91. The predicted molar refractivity (Wildman–Crippen MR) is 77.2 cm³/mol. The quantitative estimate of drug-likeness (QED) is 0.533. The number of ether oxygens (including phenoxy) is 1. The first-order valence-electron chi connectivity index (χ1n) is 6.89. The van der Waals surface area contributed by atoms with Crippen molar-refractivity contribution in [3.63, 3.8) is 0 Å². The van der Waals surface area contributed by atoms with Gasteiger partial charge in [0, 0.05) is 21.3 Å². The molecule has 1 heterocycles. The lowest BCUT2D eigenvalue weighted by Crippen LogP contribution is -2.69. The zero-order chi connectivity index (χ0) is 14.5. The maximum Gasteiger partial charge on any atom is 0.371 e. The Morgan fingerprint density at radius 3 is 2.47 bits per heavy atom. The molecule has 5 heteroatoms. The molecular weight excluding hydrogens is 260 g/mol. The van der Waals surface area contributed by atoms with E-state index in [1.54, 1.807) is 21.3 Å². The van der Waals surface area contributed by atoms with Crippen LogP contribution in [0.3, 0.4) is 0 Å². The maximum absolute atomic E-state index is 12.2.